The monoisotopic (exact) mass is 336 g/mol. The average Bonchev–Trinajstić information content (AvgIpc) is 3.18. The fourth-order valence-corrected chi connectivity index (χ4v) is 4.76. The Morgan fingerprint density at radius 2 is 2.36 bits per heavy atom. The van der Waals surface area contributed by atoms with E-state index in [1.165, 1.54) is 16.9 Å². The normalized spacial score (nSPS) is 21.5. The minimum absolute atomic E-state index is 0.114. The standard InChI is InChI=1S/C16H20N2O2S2/c1-10-6-13(12-4-5-21-9-12)7-18(10)16(19)15-11(2)17-14(22-15)8-20-3/h4-5,9-10,13H,6-8H2,1-3H3/t10-,13+/m1/s1. The minimum Gasteiger partial charge on any atom is -0.378 e. The van der Waals surface area contributed by atoms with E-state index >= 15 is 0 Å². The molecule has 0 bridgehead atoms. The number of hydrogen-bond donors (Lipinski definition) is 0. The molecular formula is C16H20N2O2S2. The third-order valence-electron chi connectivity index (χ3n) is 4.15. The number of carbonyl (C=O) groups excluding carboxylic acids is 1. The fraction of sp³-hybridized carbons (Fsp3) is 0.500. The summed E-state index contributed by atoms with van der Waals surface area (Å²) in [5, 5.41) is 5.17. The van der Waals surface area contributed by atoms with Gasteiger partial charge >= 0.3 is 0 Å². The van der Waals surface area contributed by atoms with E-state index in [4.69, 9.17) is 4.74 Å². The van der Waals surface area contributed by atoms with Gasteiger partial charge in [-0.25, -0.2) is 4.98 Å². The third-order valence-corrected chi connectivity index (χ3v) is 5.97. The van der Waals surface area contributed by atoms with Gasteiger partial charge in [-0.2, -0.15) is 11.3 Å². The number of aryl methyl sites for hydroxylation is 1. The number of likely N-dealkylation sites (tertiary alicyclic amines) is 1. The van der Waals surface area contributed by atoms with Crippen LogP contribution in [0.1, 0.15) is 45.2 Å². The molecule has 0 aromatic carbocycles. The summed E-state index contributed by atoms with van der Waals surface area (Å²) >= 11 is 3.17. The maximum absolute atomic E-state index is 12.9. The minimum atomic E-state index is 0.114. The van der Waals surface area contributed by atoms with Crippen molar-refractivity contribution in [2.45, 2.75) is 38.8 Å². The van der Waals surface area contributed by atoms with Gasteiger partial charge in [-0.3, -0.25) is 4.79 Å². The van der Waals surface area contributed by atoms with Gasteiger partial charge in [0, 0.05) is 25.6 Å². The Bertz CT molecular complexity index is 651. The molecule has 3 rings (SSSR count). The van der Waals surface area contributed by atoms with Gasteiger partial charge in [-0.15, -0.1) is 11.3 Å². The molecule has 2 aromatic heterocycles. The van der Waals surface area contributed by atoms with Crippen LogP contribution >= 0.6 is 22.7 Å². The van der Waals surface area contributed by atoms with E-state index in [1.807, 2.05) is 11.8 Å². The molecular weight excluding hydrogens is 316 g/mol. The highest BCUT2D eigenvalue weighted by molar-refractivity contribution is 7.13. The van der Waals surface area contributed by atoms with Gasteiger partial charge in [-0.1, -0.05) is 0 Å². The van der Waals surface area contributed by atoms with Crippen molar-refractivity contribution in [1.29, 1.82) is 0 Å². The predicted molar refractivity (Wildman–Crippen MR) is 89.7 cm³/mol. The first-order chi connectivity index (χ1) is 10.6. The Morgan fingerprint density at radius 1 is 1.55 bits per heavy atom. The van der Waals surface area contributed by atoms with Crippen molar-refractivity contribution >= 4 is 28.6 Å². The zero-order chi connectivity index (χ0) is 15.7. The molecule has 1 saturated heterocycles. The molecule has 0 aliphatic carbocycles. The summed E-state index contributed by atoms with van der Waals surface area (Å²) in [6, 6.07) is 2.44. The molecule has 1 aliphatic rings. The summed E-state index contributed by atoms with van der Waals surface area (Å²) < 4.78 is 5.11. The summed E-state index contributed by atoms with van der Waals surface area (Å²) in [5.41, 5.74) is 2.17. The van der Waals surface area contributed by atoms with Crippen LogP contribution < -0.4 is 0 Å². The lowest BCUT2D eigenvalue weighted by Crippen LogP contribution is -2.33. The molecule has 4 nitrogen and oxygen atoms in total. The third kappa shape index (κ3) is 2.95. The van der Waals surface area contributed by atoms with Crippen LogP contribution in [0.5, 0.6) is 0 Å². The molecule has 2 aromatic rings. The van der Waals surface area contributed by atoms with Gasteiger partial charge in [-0.05, 0) is 42.7 Å². The van der Waals surface area contributed by atoms with Crippen LogP contribution in [0.15, 0.2) is 16.8 Å². The number of rotatable bonds is 4. The number of thiophene rings is 1. The van der Waals surface area contributed by atoms with E-state index in [-0.39, 0.29) is 11.9 Å². The highest BCUT2D eigenvalue weighted by Gasteiger charge is 2.35. The largest absolute Gasteiger partial charge is 0.378 e. The molecule has 0 spiro atoms. The van der Waals surface area contributed by atoms with Gasteiger partial charge in [0.25, 0.3) is 5.91 Å². The topological polar surface area (TPSA) is 42.4 Å². The number of hydrogen-bond acceptors (Lipinski definition) is 5. The van der Waals surface area contributed by atoms with Gasteiger partial charge < -0.3 is 9.64 Å². The van der Waals surface area contributed by atoms with Crippen LogP contribution in [-0.4, -0.2) is 35.5 Å². The van der Waals surface area contributed by atoms with E-state index in [2.05, 4.69) is 28.7 Å². The number of amides is 1. The van der Waals surface area contributed by atoms with E-state index in [0.29, 0.717) is 12.5 Å². The van der Waals surface area contributed by atoms with Crippen LogP contribution in [0.2, 0.25) is 0 Å². The van der Waals surface area contributed by atoms with Crippen molar-refractivity contribution < 1.29 is 9.53 Å². The first-order valence-electron chi connectivity index (χ1n) is 7.38. The number of carbonyl (C=O) groups is 1. The van der Waals surface area contributed by atoms with Crippen LogP contribution in [0.4, 0.5) is 0 Å². The second kappa shape index (κ2) is 6.48. The average molecular weight is 336 g/mol. The molecule has 0 saturated carbocycles. The van der Waals surface area contributed by atoms with Gasteiger partial charge in [0.05, 0.1) is 12.3 Å². The lowest BCUT2D eigenvalue weighted by Gasteiger charge is -2.20. The number of methoxy groups -OCH3 is 1. The molecule has 2 atom stereocenters. The molecule has 1 aliphatic heterocycles. The summed E-state index contributed by atoms with van der Waals surface area (Å²) in [6.07, 6.45) is 1.03. The van der Waals surface area contributed by atoms with Crippen molar-refractivity contribution in [3.8, 4) is 0 Å². The molecule has 3 heterocycles. The quantitative estimate of drug-likeness (QED) is 0.855. The van der Waals surface area contributed by atoms with E-state index in [1.54, 1.807) is 18.4 Å². The zero-order valence-electron chi connectivity index (χ0n) is 13.0. The Hall–Kier alpha value is -1.24. The molecule has 6 heteroatoms. The van der Waals surface area contributed by atoms with Crippen molar-refractivity contribution in [1.82, 2.24) is 9.88 Å². The predicted octanol–water partition coefficient (Wildman–Crippen LogP) is 3.68. The van der Waals surface area contributed by atoms with Crippen LogP contribution in [0, 0.1) is 6.92 Å². The zero-order valence-corrected chi connectivity index (χ0v) is 14.7. The molecule has 118 valence electrons. The van der Waals surface area contributed by atoms with E-state index in [0.717, 1.165) is 28.5 Å². The highest BCUT2D eigenvalue weighted by Crippen LogP contribution is 2.34. The fourth-order valence-electron chi connectivity index (χ4n) is 3.03. The van der Waals surface area contributed by atoms with Crippen molar-refractivity contribution in [3.63, 3.8) is 0 Å². The van der Waals surface area contributed by atoms with Crippen molar-refractivity contribution in [2.75, 3.05) is 13.7 Å². The molecule has 22 heavy (non-hydrogen) atoms. The SMILES string of the molecule is COCc1nc(C)c(C(=O)N2C[C@@H](c3ccsc3)C[C@H]2C)s1. The van der Waals surface area contributed by atoms with Gasteiger partial charge in [0.1, 0.15) is 9.88 Å². The van der Waals surface area contributed by atoms with Crippen LogP contribution in [0.3, 0.4) is 0 Å². The van der Waals surface area contributed by atoms with E-state index < -0.39 is 0 Å². The molecule has 0 radical (unpaired) electrons. The lowest BCUT2D eigenvalue weighted by molar-refractivity contribution is 0.0750. The molecule has 1 amide bonds. The van der Waals surface area contributed by atoms with Crippen LogP contribution in [-0.2, 0) is 11.3 Å². The summed E-state index contributed by atoms with van der Waals surface area (Å²) in [7, 11) is 1.65. The lowest BCUT2D eigenvalue weighted by atomic mass is 10.00. The molecule has 0 N–H and O–H groups in total. The Balaban J connectivity index is 1.77. The molecule has 1 fully saturated rings. The summed E-state index contributed by atoms with van der Waals surface area (Å²) in [6.45, 7) is 5.30. The number of nitrogens with zero attached hydrogens (tertiary/aromatic N) is 2. The second-order valence-corrected chi connectivity index (χ2v) is 7.61. The van der Waals surface area contributed by atoms with E-state index in [9.17, 15) is 4.79 Å². The Labute approximate surface area is 138 Å². The first kappa shape index (κ1) is 15.6. The number of aromatic nitrogens is 1. The Kier molecular flexibility index (Phi) is 4.61. The van der Waals surface area contributed by atoms with Crippen molar-refractivity contribution in [2.24, 2.45) is 0 Å². The molecule has 0 unspecified atom stereocenters. The Morgan fingerprint density at radius 3 is 3.05 bits per heavy atom. The maximum atomic E-state index is 12.9. The first-order valence-corrected chi connectivity index (χ1v) is 9.14. The van der Waals surface area contributed by atoms with Crippen LogP contribution in [0.25, 0.3) is 0 Å². The maximum Gasteiger partial charge on any atom is 0.266 e. The summed E-state index contributed by atoms with van der Waals surface area (Å²) in [4.78, 5) is 20.1. The van der Waals surface area contributed by atoms with Gasteiger partial charge in [0.15, 0.2) is 0 Å². The number of ether oxygens (including phenoxy) is 1. The smallest absolute Gasteiger partial charge is 0.266 e. The number of thiazole rings is 1. The van der Waals surface area contributed by atoms with Gasteiger partial charge in [0.2, 0.25) is 0 Å². The second-order valence-electron chi connectivity index (χ2n) is 5.75. The van der Waals surface area contributed by atoms with Crippen molar-refractivity contribution in [3.05, 3.63) is 38.0 Å². The summed E-state index contributed by atoms with van der Waals surface area (Å²) in [5.74, 6) is 0.569. The highest BCUT2D eigenvalue weighted by atomic mass is 32.1.